The minimum absolute atomic E-state index is 0.166. The smallest absolute Gasteiger partial charge is 0.315 e. The molecule has 1 aromatic heterocycles. The van der Waals surface area contributed by atoms with Crippen molar-refractivity contribution >= 4 is 6.03 Å². The minimum Gasteiger partial charge on any atom is -0.467 e. The summed E-state index contributed by atoms with van der Waals surface area (Å²) < 4.78 is 31.6. The maximum Gasteiger partial charge on any atom is 0.315 e. The first kappa shape index (κ1) is 17.9. The number of amides is 2. The van der Waals surface area contributed by atoms with E-state index >= 15 is 0 Å². The Morgan fingerprint density at radius 1 is 1.33 bits per heavy atom. The van der Waals surface area contributed by atoms with Gasteiger partial charge in [-0.25, -0.2) is 13.6 Å². The van der Waals surface area contributed by atoms with Crippen molar-refractivity contribution in [2.24, 2.45) is 0 Å². The highest BCUT2D eigenvalue weighted by atomic mass is 19.1. The van der Waals surface area contributed by atoms with Gasteiger partial charge in [0.2, 0.25) is 0 Å². The fourth-order valence-corrected chi connectivity index (χ4v) is 2.31. The van der Waals surface area contributed by atoms with E-state index in [0.717, 1.165) is 18.2 Å². The summed E-state index contributed by atoms with van der Waals surface area (Å²) in [7, 11) is 0. The number of halogens is 2. The van der Waals surface area contributed by atoms with E-state index in [2.05, 4.69) is 10.6 Å². The Bertz CT molecular complexity index is 662. The monoisotopic (exact) mass is 338 g/mol. The predicted molar refractivity (Wildman–Crippen MR) is 84.3 cm³/mol. The summed E-state index contributed by atoms with van der Waals surface area (Å²) in [5, 5.41) is 15.2. The Morgan fingerprint density at radius 3 is 2.83 bits per heavy atom. The first-order valence-electron chi connectivity index (χ1n) is 7.65. The quantitative estimate of drug-likeness (QED) is 0.727. The number of urea groups is 1. The molecule has 24 heavy (non-hydrogen) atoms. The minimum atomic E-state index is -0.809. The van der Waals surface area contributed by atoms with Crippen LogP contribution in [0.25, 0.3) is 0 Å². The number of carbonyl (C=O) groups excluding carboxylic acids is 1. The molecule has 0 fully saturated rings. The van der Waals surface area contributed by atoms with Gasteiger partial charge in [0.25, 0.3) is 0 Å². The van der Waals surface area contributed by atoms with E-state index < -0.39 is 23.8 Å². The van der Waals surface area contributed by atoms with Gasteiger partial charge in [0.05, 0.1) is 6.26 Å². The van der Waals surface area contributed by atoms with Gasteiger partial charge < -0.3 is 20.2 Å². The molecule has 0 spiro atoms. The highest BCUT2D eigenvalue weighted by Crippen LogP contribution is 2.18. The van der Waals surface area contributed by atoms with Gasteiger partial charge in [-0.15, -0.1) is 0 Å². The number of hydrogen-bond donors (Lipinski definition) is 3. The van der Waals surface area contributed by atoms with E-state index in [4.69, 9.17) is 4.42 Å². The summed E-state index contributed by atoms with van der Waals surface area (Å²) in [5.41, 5.74) is 0.205. The van der Waals surface area contributed by atoms with Gasteiger partial charge in [-0.1, -0.05) is 0 Å². The van der Waals surface area contributed by atoms with E-state index in [1.165, 1.54) is 6.26 Å². The van der Waals surface area contributed by atoms with Gasteiger partial charge >= 0.3 is 6.03 Å². The number of hydrogen-bond acceptors (Lipinski definition) is 3. The number of nitrogens with one attached hydrogen (secondary N) is 2. The molecule has 5 nitrogen and oxygen atoms in total. The maximum absolute atomic E-state index is 13.5. The number of aliphatic hydroxyl groups excluding tert-OH is 1. The number of carbonyl (C=O) groups is 1. The zero-order chi connectivity index (χ0) is 17.5. The highest BCUT2D eigenvalue weighted by Gasteiger charge is 2.16. The topological polar surface area (TPSA) is 74.5 Å². The lowest BCUT2D eigenvalue weighted by Gasteiger charge is -2.17. The van der Waals surface area contributed by atoms with Crippen molar-refractivity contribution in [3.63, 3.8) is 0 Å². The van der Waals surface area contributed by atoms with Crippen LogP contribution >= 0.6 is 0 Å². The van der Waals surface area contributed by atoms with Gasteiger partial charge in [-0.3, -0.25) is 0 Å². The molecule has 0 aliphatic rings. The molecule has 7 heteroatoms. The Balaban J connectivity index is 1.71. The van der Waals surface area contributed by atoms with Crippen molar-refractivity contribution in [3.8, 4) is 0 Å². The Kier molecular flexibility index (Phi) is 6.31. The van der Waals surface area contributed by atoms with Gasteiger partial charge in [0, 0.05) is 19.0 Å². The van der Waals surface area contributed by atoms with Crippen LogP contribution in [-0.2, 0) is 6.42 Å². The lowest BCUT2D eigenvalue weighted by atomic mass is 10.1. The molecule has 0 saturated heterocycles. The molecule has 0 aliphatic carbocycles. The Labute approximate surface area is 138 Å². The summed E-state index contributed by atoms with van der Waals surface area (Å²) in [6.45, 7) is 1.91. The number of benzene rings is 1. The second-order valence-electron chi connectivity index (χ2n) is 5.55. The fraction of sp³-hybridized carbons (Fsp3) is 0.353. The van der Waals surface area contributed by atoms with Gasteiger partial charge in [-0.2, -0.15) is 0 Å². The summed E-state index contributed by atoms with van der Waals surface area (Å²) >= 11 is 0. The van der Waals surface area contributed by atoms with Crippen LogP contribution in [0, 0.1) is 11.6 Å². The predicted octanol–water partition coefficient (Wildman–Crippen LogP) is 2.91. The SMILES string of the molecule is C[C@H](C[C@H](O)c1ccco1)NC(=O)NCCc1cc(F)ccc1F. The van der Waals surface area contributed by atoms with E-state index in [0.29, 0.717) is 12.2 Å². The molecule has 1 heterocycles. The first-order chi connectivity index (χ1) is 11.5. The van der Waals surface area contributed by atoms with Crippen LogP contribution in [0.15, 0.2) is 41.0 Å². The van der Waals surface area contributed by atoms with Crippen molar-refractivity contribution in [2.75, 3.05) is 6.54 Å². The third kappa shape index (κ3) is 5.34. The summed E-state index contributed by atoms with van der Waals surface area (Å²) in [4.78, 5) is 11.8. The third-order valence-corrected chi connectivity index (χ3v) is 3.51. The molecule has 1 aromatic carbocycles. The molecule has 0 radical (unpaired) electrons. The van der Waals surface area contributed by atoms with Crippen LogP contribution in [0.5, 0.6) is 0 Å². The van der Waals surface area contributed by atoms with E-state index in [1.807, 2.05) is 0 Å². The molecule has 2 amide bonds. The van der Waals surface area contributed by atoms with Gasteiger partial charge in [0.1, 0.15) is 23.5 Å². The lowest BCUT2D eigenvalue weighted by Crippen LogP contribution is -2.42. The largest absolute Gasteiger partial charge is 0.467 e. The van der Waals surface area contributed by atoms with E-state index in [-0.39, 0.29) is 24.6 Å². The van der Waals surface area contributed by atoms with Crippen LogP contribution in [0.1, 0.15) is 30.8 Å². The molecule has 0 unspecified atom stereocenters. The lowest BCUT2D eigenvalue weighted by molar-refractivity contribution is 0.129. The molecule has 2 aromatic rings. The molecule has 0 aliphatic heterocycles. The second-order valence-corrected chi connectivity index (χ2v) is 5.55. The summed E-state index contributed by atoms with van der Waals surface area (Å²) in [5.74, 6) is -0.587. The van der Waals surface area contributed by atoms with Crippen molar-refractivity contribution in [2.45, 2.75) is 31.9 Å². The maximum atomic E-state index is 13.5. The molecule has 2 atom stereocenters. The summed E-state index contributed by atoms with van der Waals surface area (Å²) in [6, 6.07) is 5.81. The van der Waals surface area contributed by atoms with Gasteiger partial charge in [0.15, 0.2) is 0 Å². The van der Waals surface area contributed by atoms with E-state index in [1.54, 1.807) is 19.1 Å². The fourth-order valence-electron chi connectivity index (χ4n) is 2.31. The van der Waals surface area contributed by atoms with Crippen molar-refractivity contribution < 1.29 is 23.1 Å². The molecular formula is C17H20F2N2O3. The number of aliphatic hydroxyl groups is 1. The third-order valence-electron chi connectivity index (χ3n) is 3.51. The van der Waals surface area contributed by atoms with Gasteiger partial charge in [-0.05, 0) is 49.2 Å². The Morgan fingerprint density at radius 2 is 2.12 bits per heavy atom. The van der Waals surface area contributed by atoms with Crippen molar-refractivity contribution in [3.05, 3.63) is 59.6 Å². The van der Waals surface area contributed by atoms with Crippen LogP contribution in [-0.4, -0.2) is 23.7 Å². The van der Waals surface area contributed by atoms with Crippen LogP contribution in [0.2, 0.25) is 0 Å². The molecule has 0 saturated carbocycles. The summed E-state index contributed by atoms with van der Waals surface area (Å²) in [6.07, 6.45) is 1.13. The normalized spacial score (nSPS) is 13.3. The second kappa shape index (κ2) is 8.44. The Hall–Kier alpha value is -2.41. The van der Waals surface area contributed by atoms with Crippen LogP contribution in [0.4, 0.5) is 13.6 Å². The van der Waals surface area contributed by atoms with Crippen molar-refractivity contribution in [1.29, 1.82) is 0 Å². The zero-order valence-corrected chi connectivity index (χ0v) is 13.3. The zero-order valence-electron chi connectivity index (χ0n) is 13.3. The molecule has 0 bridgehead atoms. The average molecular weight is 338 g/mol. The molecular weight excluding hydrogens is 318 g/mol. The van der Waals surface area contributed by atoms with Crippen LogP contribution < -0.4 is 10.6 Å². The molecule has 2 rings (SSSR count). The van der Waals surface area contributed by atoms with Crippen molar-refractivity contribution in [1.82, 2.24) is 10.6 Å². The standard InChI is InChI=1S/C17H20F2N2O3/c1-11(9-15(22)16-3-2-8-24-16)21-17(23)20-7-6-12-10-13(18)4-5-14(12)19/h2-5,8,10-11,15,22H,6-7,9H2,1H3,(H2,20,21,23)/t11-,15+/m1/s1. The number of rotatable bonds is 7. The van der Waals surface area contributed by atoms with Crippen LogP contribution in [0.3, 0.4) is 0 Å². The molecule has 130 valence electrons. The molecule has 3 N–H and O–H groups in total. The average Bonchev–Trinajstić information content (AvgIpc) is 3.05. The first-order valence-corrected chi connectivity index (χ1v) is 7.65. The number of furan rings is 1. The highest BCUT2D eigenvalue weighted by molar-refractivity contribution is 5.74. The van der Waals surface area contributed by atoms with E-state index in [9.17, 15) is 18.7 Å².